The van der Waals surface area contributed by atoms with E-state index in [1.165, 1.54) is 24.8 Å². The van der Waals surface area contributed by atoms with Crippen LogP contribution in [0.15, 0.2) is 36.8 Å². The summed E-state index contributed by atoms with van der Waals surface area (Å²) in [6.07, 6.45) is 7.42. The number of morpholine rings is 1. The van der Waals surface area contributed by atoms with Crippen LogP contribution in [0.1, 0.15) is 31.7 Å². The third-order valence-electron chi connectivity index (χ3n) is 7.30. The highest BCUT2D eigenvalue weighted by Crippen LogP contribution is 2.44. The van der Waals surface area contributed by atoms with E-state index in [1.807, 2.05) is 16.9 Å². The Labute approximate surface area is 176 Å². The summed E-state index contributed by atoms with van der Waals surface area (Å²) < 4.78 is 8.05. The topological polar surface area (TPSA) is 59.3 Å². The Balaban J connectivity index is 1.29. The molecule has 3 fully saturated rings. The van der Waals surface area contributed by atoms with Crippen LogP contribution in [-0.2, 0) is 10.2 Å². The summed E-state index contributed by atoms with van der Waals surface area (Å²) in [7, 11) is 2.16. The van der Waals surface area contributed by atoms with Gasteiger partial charge < -0.3 is 14.5 Å². The van der Waals surface area contributed by atoms with Crippen molar-refractivity contribution >= 4 is 16.7 Å². The van der Waals surface area contributed by atoms with Crippen molar-refractivity contribution in [3.05, 3.63) is 42.4 Å². The smallest absolute Gasteiger partial charge is 0.159 e. The molecule has 4 heterocycles. The van der Waals surface area contributed by atoms with E-state index in [-0.39, 0.29) is 5.60 Å². The first-order valence-corrected chi connectivity index (χ1v) is 10.9. The molecule has 0 atom stereocenters. The van der Waals surface area contributed by atoms with Crippen molar-refractivity contribution in [1.82, 2.24) is 24.6 Å². The van der Waals surface area contributed by atoms with Crippen LogP contribution in [0.5, 0.6) is 0 Å². The van der Waals surface area contributed by atoms with E-state index >= 15 is 0 Å². The molecule has 1 aliphatic carbocycles. The zero-order chi connectivity index (χ0) is 20.3. The monoisotopic (exact) mass is 404 g/mol. The lowest BCUT2D eigenvalue weighted by Crippen LogP contribution is -2.70. The number of ether oxygens (including phenoxy) is 1. The molecule has 1 saturated carbocycles. The van der Waals surface area contributed by atoms with Crippen molar-refractivity contribution in [2.75, 3.05) is 44.7 Å². The molecule has 156 valence electrons. The number of hydrogen-bond donors (Lipinski definition) is 0. The number of rotatable bonds is 3. The summed E-state index contributed by atoms with van der Waals surface area (Å²) >= 11 is 0. The highest BCUT2D eigenvalue weighted by molar-refractivity contribution is 5.81. The molecule has 2 aliphatic heterocycles. The van der Waals surface area contributed by atoms with Gasteiger partial charge in [-0.3, -0.25) is 0 Å². The van der Waals surface area contributed by atoms with Crippen molar-refractivity contribution in [2.45, 2.75) is 37.2 Å². The van der Waals surface area contributed by atoms with Gasteiger partial charge in [0, 0.05) is 24.5 Å². The number of nitrogens with zero attached hydrogens (tertiary/aromatic N) is 6. The second-order valence-electron chi connectivity index (χ2n) is 9.60. The van der Waals surface area contributed by atoms with Gasteiger partial charge in [0.25, 0.3) is 0 Å². The van der Waals surface area contributed by atoms with Crippen molar-refractivity contribution in [2.24, 2.45) is 0 Å². The summed E-state index contributed by atoms with van der Waals surface area (Å²) in [5.41, 5.74) is 2.77. The zero-order valence-corrected chi connectivity index (χ0v) is 17.7. The molecule has 0 N–H and O–H groups in total. The fourth-order valence-corrected chi connectivity index (χ4v) is 5.24. The van der Waals surface area contributed by atoms with Crippen LogP contribution in [0.2, 0.25) is 0 Å². The van der Waals surface area contributed by atoms with Crippen LogP contribution in [0, 0.1) is 0 Å². The molecule has 1 spiro atoms. The first kappa shape index (κ1) is 18.3. The minimum absolute atomic E-state index is 0.0520. The fourth-order valence-electron chi connectivity index (χ4n) is 5.24. The van der Waals surface area contributed by atoms with Gasteiger partial charge in [-0.05, 0) is 36.9 Å². The average molecular weight is 405 g/mol. The molecule has 6 rings (SSSR count). The van der Waals surface area contributed by atoms with Gasteiger partial charge in [-0.1, -0.05) is 25.5 Å². The van der Waals surface area contributed by atoms with Gasteiger partial charge in [-0.2, -0.15) is 5.10 Å². The van der Waals surface area contributed by atoms with Gasteiger partial charge >= 0.3 is 0 Å². The Morgan fingerprint density at radius 2 is 1.87 bits per heavy atom. The Hall–Kier alpha value is -2.51. The predicted octanol–water partition coefficient (Wildman–Crippen LogP) is 2.78. The summed E-state index contributed by atoms with van der Waals surface area (Å²) in [5.74, 6) is 1.75. The molecule has 3 aliphatic rings. The fraction of sp³-hybridized carbons (Fsp3) is 0.522. The Morgan fingerprint density at radius 1 is 1.03 bits per heavy atom. The van der Waals surface area contributed by atoms with Crippen molar-refractivity contribution in [3.8, 4) is 5.82 Å². The molecule has 0 bridgehead atoms. The predicted molar refractivity (Wildman–Crippen MR) is 116 cm³/mol. The zero-order valence-electron chi connectivity index (χ0n) is 17.7. The summed E-state index contributed by atoms with van der Waals surface area (Å²) in [6, 6.07) is 8.80. The number of benzene rings is 1. The number of anilines is 1. The van der Waals surface area contributed by atoms with Crippen molar-refractivity contribution < 1.29 is 4.74 Å². The van der Waals surface area contributed by atoms with E-state index in [9.17, 15) is 0 Å². The van der Waals surface area contributed by atoms with E-state index in [0.717, 1.165) is 55.3 Å². The van der Waals surface area contributed by atoms with Gasteiger partial charge in [0.05, 0.1) is 31.4 Å². The minimum atomic E-state index is -0.0520. The SMILES string of the molecule is CN1CCOC2(C1)CN(c1cc(-n3ncc4ccc(C5(C)CCC5)cc43)ncn1)C2. The van der Waals surface area contributed by atoms with Gasteiger partial charge in [-0.25, -0.2) is 14.6 Å². The highest BCUT2D eigenvalue weighted by Gasteiger charge is 2.47. The van der Waals surface area contributed by atoms with Crippen molar-refractivity contribution in [3.63, 3.8) is 0 Å². The molecule has 2 saturated heterocycles. The van der Waals surface area contributed by atoms with Crippen LogP contribution in [-0.4, -0.2) is 70.1 Å². The molecule has 0 radical (unpaired) electrons. The molecule has 7 nitrogen and oxygen atoms in total. The standard InChI is InChI=1S/C23H28N6O/c1-22(6-3-7-22)18-5-4-17-12-26-29(19(17)10-18)21-11-20(24-16-25-21)28-14-23(15-28)13-27(2)8-9-30-23/h4-5,10-12,16H,3,6-9,13-15H2,1-2H3. The molecular formula is C23H28N6O. The molecule has 0 amide bonds. The lowest BCUT2D eigenvalue weighted by Gasteiger charge is -2.53. The van der Waals surface area contributed by atoms with Gasteiger partial charge in [-0.15, -0.1) is 0 Å². The lowest BCUT2D eigenvalue weighted by molar-refractivity contribution is -0.117. The quantitative estimate of drug-likeness (QED) is 0.669. The Kier molecular flexibility index (Phi) is 3.95. The number of fused-ring (bicyclic) bond motifs is 1. The van der Waals surface area contributed by atoms with Crippen LogP contribution in [0.4, 0.5) is 5.82 Å². The second-order valence-corrected chi connectivity index (χ2v) is 9.60. The van der Waals surface area contributed by atoms with E-state index < -0.39 is 0 Å². The van der Waals surface area contributed by atoms with E-state index in [0.29, 0.717) is 5.41 Å². The van der Waals surface area contributed by atoms with Gasteiger partial charge in [0.1, 0.15) is 17.7 Å². The van der Waals surface area contributed by atoms with E-state index in [4.69, 9.17) is 4.74 Å². The normalized spacial score (nSPS) is 22.8. The molecule has 3 aromatic rings. The van der Waals surface area contributed by atoms with Crippen LogP contribution in [0.25, 0.3) is 16.7 Å². The Morgan fingerprint density at radius 3 is 2.63 bits per heavy atom. The number of hydrogen-bond acceptors (Lipinski definition) is 6. The average Bonchev–Trinajstić information content (AvgIpc) is 3.13. The van der Waals surface area contributed by atoms with Gasteiger partial charge in [0.2, 0.25) is 0 Å². The molecule has 1 aromatic carbocycles. The molecule has 0 unspecified atom stereocenters. The minimum Gasteiger partial charge on any atom is -0.369 e. The lowest BCUT2D eigenvalue weighted by atomic mass is 9.66. The summed E-state index contributed by atoms with van der Waals surface area (Å²) in [5, 5.41) is 5.79. The maximum atomic E-state index is 6.10. The molecule has 30 heavy (non-hydrogen) atoms. The van der Waals surface area contributed by atoms with E-state index in [1.54, 1.807) is 6.33 Å². The molecule has 7 heteroatoms. The van der Waals surface area contributed by atoms with Crippen LogP contribution < -0.4 is 4.90 Å². The Bertz CT molecular complexity index is 1100. The maximum absolute atomic E-state index is 6.10. The van der Waals surface area contributed by atoms with E-state index in [2.05, 4.69) is 57.0 Å². The van der Waals surface area contributed by atoms with Crippen LogP contribution in [0.3, 0.4) is 0 Å². The highest BCUT2D eigenvalue weighted by atomic mass is 16.5. The van der Waals surface area contributed by atoms with Crippen molar-refractivity contribution in [1.29, 1.82) is 0 Å². The third kappa shape index (κ3) is 2.83. The molecular weight excluding hydrogens is 376 g/mol. The summed E-state index contributed by atoms with van der Waals surface area (Å²) in [6.45, 7) is 6.90. The first-order valence-electron chi connectivity index (χ1n) is 10.9. The number of likely N-dealkylation sites (N-methyl/N-ethyl adjacent to an activating group) is 1. The number of aromatic nitrogens is 4. The first-order chi connectivity index (χ1) is 14.5. The second kappa shape index (κ2) is 6.49. The maximum Gasteiger partial charge on any atom is 0.159 e. The van der Waals surface area contributed by atoms with Crippen LogP contribution >= 0.6 is 0 Å². The largest absolute Gasteiger partial charge is 0.369 e. The third-order valence-corrected chi connectivity index (χ3v) is 7.30. The van der Waals surface area contributed by atoms with Gasteiger partial charge in [0.15, 0.2) is 5.82 Å². The summed E-state index contributed by atoms with van der Waals surface area (Å²) in [4.78, 5) is 13.7. The molecule has 2 aromatic heterocycles.